The molecule has 2 rings (SSSR count). The molecule has 0 radical (unpaired) electrons. The summed E-state index contributed by atoms with van der Waals surface area (Å²) in [5.74, 6) is 0. The molecular weight excluding hydrogens is 298 g/mol. The molecule has 0 aliphatic heterocycles. The average Bonchev–Trinajstić information content (AvgIpc) is 2.41. The van der Waals surface area contributed by atoms with Crippen molar-refractivity contribution in [3.8, 4) is 0 Å². The molecule has 1 N–H and O–H groups in total. The molecule has 1 unspecified atom stereocenters. The molecule has 0 aliphatic rings. The van der Waals surface area contributed by atoms with Crippen molar-refractivity contribution in [1.29, 1.82) is 0 Å². The Morgan fingerprint density at radius 1 is 1.05 bits per heavy atom. The molecule has 0 saturated heterocycles. The van der Waals surface area contributed by atoms with Crippen LogP contribution in [-0.2, 0) is 13.0 Å². The highest BCUT2D eigenvalue weighted by atomic mass is 79.9. The average molecular weight is 318 g/mol. The number of nitrogens with one attached hydrogen (secondary N) is 1. The summed E-state index contributed by atoms with van der Waals surface area (Å²) < 4.78 is 1.18. The van der Waals surface area contributed by atoms with Crippen LogP contribution in [0.3, 0.4) is 0 Å². The molecule has 0 fully saturated rings. The zero-order valence-electron chi connectivity index (χ0n) is 11.5. The smallest absolute Gasteiger partial charge is 0.0208 e. The van der Waals surface area contributed by atoms with Crippen LogP contribution in [0.4, 0.5) is 0 Å². The Morgan fingerprint density at radius 2 is 1.79 bits per heavy atom. The molecule has 100 valence electrons. The first kappa shape index (κ1) is 14.3. The van der Waals surface area contributed by atoms with Gasteiger partial charge in [0.1, 0.15) is 0 Å². The van der Waals surface area contributed by atoms with Crippen molar-refractivity contribution in [1.82, 2.24) is 5.32 Å². The molecule has 0 spiro atoms. The van der Waals surface area contributed by atoms with Crippen LogP contribution in [0.25, 0.3) is 0 Å². The molecule has 1 atom stereocenters. The summed E-state index contributed by atoms with van der Waals surface area (Å²) in [7, 11) is 0. The lowest BCUT2D eigenvalue weighted by atomic mass is 10.1. The van der Waals surface area contributed by atoms with Crippen LogP contribution in [0.15, 0.2) is 53.0 Å². The van der Waals surface area contributed by atoms with Gasteiger partial charge in [-0.3, -0.25) is 0 Å². The van der Waals surface area contributed by atoms with Crippen molar-refractivity contribution in [3.05, 3.63) is 69.7 Å². The Hall–Kier alpha value is -1.12. The van der Waals surface area contributed by atoms with Gasteiger partial charge in [0, 0.05) is 17.1 Å². The van der Waals surface area contributed by atoms with Gasteiger partial charge >= 0.3 is 0 Å². The largest absolute Gasteiger partial charge is 0.310 e. The summed E-state index contributed by atoms with van der Waals surface area (Å²) in [5.41, 5.74) is 3.98. The molecule has 2 aromatic carbocycles. The molecule has 0 saturated carbocycles. The van der Waals surface area contributed by atoms with Crippen molar-refractivity contribution < 1.29 is 0 Å². The van der Waals surface area contributed by atoms with Gasteiger partial charge in [0.05, 0.1) is 0 Å². The summed E-state index contributed by atoms with van der Waals surface area (Å²) in [5, 5.41) is 3.57. The van der Waals surface area contributed by atoms with Crippen molar-refractivity contribution in [2.45, 2.75) is 32.9 Å². The van der Waals surface area contributed by atoms with Crippen LogP contribution >= 0.6 is 15.9 Å². The molecule has 1 nitrogen and oxygen atoms in total. The predicted octanol–water partition coefficient (Wildman–Crippen LogP) is 4.48. The molecular formula is C17H20BrN. The van der Waals surface area contributed by atoms with Crippen LogP contribution in [0.1, 0.15) is 23.6 Å². The van der Waals surface area contributed by atoms with E-state index in [2.05, 4.69) is 83.6 Å². The monoisotopic (exact) mass is 317 g/mol. The van der Waals surface area contributed by atoms with Crippen molar-refractivity contribution in [2.24, 2.45) is 0 Å². The van der Waals surface area contributed by atoms with Crippen molar-refractivity contribution >= 4 is 15.9 Å². The molecule has 2 aromatic rings. The zero-order chi connectivity index (χ0) is 13.7. The topological polar surface area (TPSA) is 12.0 Å². The fourth-order valence-corrected chi connectivity index (χ4v) is 2.50. The van der Waals surface area contributed by atoms with E-state index >= 15 is 0 Å². The van der Waals surface area contributed by atoms with E-state index in [1.165, 1.54) is 21.2 Å². The van der Waals surface area contributed by atoms with E-state index < -0.39 is 0 Å². The first-order chi connectivity index (χ1) is 9.15. The van der Waals surface area contributed by atoms with Crippen LogP contribution in [-0.4, -0.2) is 6.04 Å². The summed E-state index contributed by atoms with van der Waals surface area (Å²) in [6.45, 7) is 5.25. The number of hydrogen-bond donors (Lipinski definition) is 1. The third kappa shape index (κ3) is 4.48. The van der Waals surface area contributed by atoms with Crippen LogP contribution < -0.4 is 5.32 Å². The maximum Gasteiger partial charge on any atom is 0.0208 e. The van der Waals surface area contributed by atoms with E-state index in [9.17, 15) is 0 Å². The molecule has 2 heteroatoms. The number of halogens is 1. The van der Waals surface area contributed by atoms with Gasteiger partial charge < -0.3 is 5.32 Å². The first-order valence-electron chi connectivity index (χ1n) is 6.67. The lowest BCUT2D eigenvalue weighted by Crippen LogP contribution is -2.27. The Bertz CT molecular complexity index is 522. The lowest BCUT2D eigenvalue weighted by Gasteiger charge is -2.14. The summed E-state index contributed by atoms with van der Waals surface area (Å²) in [6, 6.07) is 17.6. The third-order valence-corrected chi connectivity index (χ3v) is 4.13. The van der Waals surface area contributed by atoms with E-state index in [0.29, 0.717) is 6.04 Å². The minimum Gasteiger partial charge on any atom is -0.310 e. The second-order valence-corrected chi connectivity index (χ2v) is 5.91. The molecule has 0 aromatic heterocycles. The Balaban J connectivity index is 1.86. The highest BCUT2D eigenvalue weighted by Gasteiger charge is 2.03. The lowest BCUT2D eigenvalue weighted by molar-refractivity contribution is 0.545. The van der Waals surface area contributed by atoms with Gasteiger partial charge in [0.25, 0.3) is 0 Å². The highest BCUT2D eigenvalue weighted by molar-refractivity contribution is 9.10. The molecule has 0 aliphatic carbocycles. The van der Waals surface area contributed by atoms with E-state index in [1.54, 1.807) is 0 Å². The minimum atomic E-state index is 0.475. The number of rotatable bonds is 5. The molecule has 0 amide bonds. The predicted molar refractivity (Wildman–Crippen MR) is 85.3 cm³/mol. The Kier molecular flexibility index (Phi) is 5.17. The summed E-state index contributed by atoms with van der Waals surface area (Å²) >= 11 is 3.58. The van der Waals surface area contributed by atoms with E-state index in [-0.39, 0.29) is 0 Å². The normalized spacial score (nSPS) is 12.4. The van der Waals surface area contributed by atoms with Crippen LogP contribution in [0.2, 0.25) is 0 Å². The number of aryl methyl sites for hydroxylation is 1. The summed E-state index contributed by atoms with van der Waals surface area (Å²) in [4.78, 5) is 0. The van der Waals surface area contributed by atoms with Crippen LogP contribution in [0, 0.1) is 6.92 Å². The second-order valence-electron chi connectivity index (χ2n) is 5.06. The Morgan fingerprint density at radius 3 is 2.47 bits per heavy atom. The number of hydrogen-bond acceptors (Lipinski definition) is 1. The van der Waals surface area contributed by atoms with E-state index in [4.69, 9.17) is 0 Å². The third-order valence-electron chi connectivity index (χ3n) is 3.28. The quantitative estimate of drug-likeness (QED) is 0.857. The van der Waals surface area contributed by atoms with E-state index in [0.717, 1.165) is 13.0 Å². The van der Waals surface area contributed by atoms with Crippen LogP contribution in [0.5, 0.6) is 0 Å². The standard InChI is InChI=1S/C17H20BrN/c1-13-8-9-16(11-17(13)18)12-19-14(2)10-15-6-4-3-5-7-15/h3-9,11,14,19H,10,12H2,1-2H3. The van der Waals surface area contributed by atoms with Gasteiger partial charge in [-0.05, 0) is 43.0 Å². The maximum atomic E-state index is 3.58. The zero-order valence-corrected chi connectivity index (χ0v) is 13.1. The second kappa shape index (κ2) is 6.88. The van der Waals surface area contributed by atoms with Gasteiger partial charge in [0.15, 0.2) is 0 Å². The van der Waals surface area contributed by atoms with E-state index in [1.807, 2.05) is 0 Å². The van der Waals surface area contributed by atoms with Gasteiger partial charge in [-0.2, -0.15) is 0 Å². The first-order valence-corrected chi connectivity index (χ1v) is 7.47. The van der Waals surface area contributed by atoms with Gasteiger partial charge in [-0.25, -0.2) is 0 Å². The van der Waals surface area contributed by atoms with Gasteiger partial charge in [0.2, 0.25) is 0 Å². The summed E-state index contributed by atoms with van der Waals surface area (Å²) in [6.07, 6.45) is 1.06. The minimum absolute atomic E-state index is 0.475. The molecule has 19 heavy (non-hydrogen) atoms. The van der Waals surface area contributed by atoms with Crippen molar-refractivity contribution in [3.63, 3.8) is 0 Å². The van der Waals surface area contributed by atoms with Gasteiger partial charge in [-0.15, -0.1) is 0 Å². The van der Waals surface area contributed by atoms with Gasteiger partial charge in [-0.1, -0.05) is 58.4 Å². The molecule has 0 heterocycles. The number of benzene rings is 2. The highest BCUT2D eigenvalue weighted by Crippen LogP contribution is 2.17. The molecule has 0 bridgehead atoms. The Labute approximate surface area is 124 Å². The fourth-order valence-electron chi connectivity index (χ4n) is 2.08. The fraction of sp³-hybridized carbons (Fsp3) is 0.294. The maximum absolute atomic E-state index is 3.58. The SMILES string of the molecule is Cc1ccc(CNC(C)Cc2ccccc2)cc1Br. The van der Waals surface area contributed by atoms with Crippen molar-refractivity contribution in [2.75, 3.05) is 0 Å².